The van der Waals surface area contributed by atoms with Gasteiger partial charge in [-0.05, 0) is 37.5 Å². The fraction of sp³-hybridized carbons (Fsp3) is 0.400. The van der Waals surface area contributed by atoms with Gasteiger partial charge in [0, 0.05) is 29.1 Å². The number of carbonyl (C=O) groups is 1. The van der Waals surface area contributed by atoms with Gasteiger partial charge >= 0.3 is 0 Å². The van der Waals surface area contributed by atoms with Gasteiger partial charge in [-0.2, -0.15) is 0 Å². The summed E-state index contributed by atoms with van der Waals surface area (Å²) in [6, 6.07) is 5.42. The molecule has 2 atom stereocenters. The molecule has 1 aliphatic rings. The van der Waals surface area contributed by atoms with Crippen LogP contribution in [0.1, 0.15) is 40.7 Å². The summed E-state index contributed by atoms with van der Waals surface area (Å²) in [5.41, 5.74) is 8.46. The maximum atomic E-state index is 14.2. The summed E-state index contributed by atoms with van der Waals surface area (Å²) >= 11 is 1.33. The number of aryl methyl sites for hydroxylation is 1. The molecule has 0 saturated heterocycles. The monoisotopic (exact) mass is 404 g/mol. The summed E-state index contributed by atoms with van der Waals surface area (Å²) in [5, 5.41) is 2.50. The number of hydrogen-bond acceptors (Lipinski definition) is 4. The minimum atomic E-state index is -2.98. The van der Waals surface area contributed by atoms with E-state index in [1.807, 2.05) is 35.7 Å². The topological polar surface area (TPSA) is 72.4 Å². The second-order valence-corrected chi connectivity index (χ2v) is 8.28. The Morgan fingerprint density at radius 1 is 1.46 bits per heavy atom. The van der Waals surface area contributed by atoms with Gasteiger partial charge in [0.15, 0.2) is 0 Å². The van der Waals surface area contributed by atoms with Gasteiger partial charge in [0.2, 0.25) is 0 Å². The van der Waals surface area contributed by atoms with Crippen molar-refractivity contribution in [2.45, 2.75) is 50.6 Å². The van der Waals surface area contributed by atoms with Crippen LogP contribution in [0.25, 0.3) is 16.9 Å². The Hall–Kier alpha value is -2.32. The fourth-order valence-electron chi connectivity index (χ4n) is 3.79. The summed E-state index contributed by atoms with van der Waals surface area (Å²) < 4.78 is 30.4. The van der Waals surface area contributed by atoms with Gasteiger partial charge in [-0.15, -0.1) is 11.3 Å². The van der Waals surface area contributed by atoms with Crippen LogP contribution in [0.5, 0.6) is 0 Å². The zero-order valence-electron chi connectivity index (χ0n) is 15.5. The Kier molecular flexibility index (Phi) is 4.93. The molecule has 3 heterocycles. The van der Waals surface area contributed by atoms with Gasteiger partial charge in [0.1, 0.15) is 11.7 Å². The summed E-state index contributed by atoms with van der Waals surface area (Å²) in [4.78, 5) is 18.6. The maximum absolute atomic E-state index is 14.2. The summed E-state index contributed by atoms with van der Waals surface area (Å²) in [6.07, 6.45) is 5.02. The van der Waals surface area contributed by atoms with Crippen LogP contribution < -0.4 is 11.1 Å². The summed E-state index contributed by atoms with van der Waals surface area (Å²) in [7, 11) is 0. The number of pyridine rings is 1. The standard InChI is InChI=1S/C20H22F2N4OS/c1-2-15-12(14-11-24-17-7-3-4-9-26(14)17)10-16(28-15)19(27)25-18-13(23)6-5-8-20(18,21)22/h3-4,7,9-11,13,18H,2,5-6,8,23H2,1H3,(H,25,27). The van der Waals surface area contributed by atoms with Crippen LogP contribution >= 0.6 is 11.3 Å². The molecule has 3 aromatic heterocycles. The first-order valence-electron chi connectivity index (χ1n) is 9.40. The molecule has 1 saturated carbocycles. The van der Waals surface area contributed by atoms with Gasteiger partial charge in [-0.25, -0.2) is 13.8 Å². The third-order valence-electron chi connectivity index (χ3n) is 5.26. The lowest BCUT2D eigenvalue weighted by molar-refractivity contribution is -0.0674. The highest BCUT2D eigenvalue weighted by molar-refractivity contribution is 7.14. The number of alkyl halides is 2. The predicted octanol–water partition coefficient (Wildman–Crippen LogP) is 3.87. The third-order valence-corrected chi connectivity index (χ3v) is 6.54. The van der Waals surface area contributed by atoms with Gasteiger partial charge < -0.3 is 11.1 Å². The third kappa shape index (κ3) is 3.31. The molecule has 3 aromatic rings. The first kappa shape index (κ1) is 19.0. The molecule has 0 spiro atoms. The molecule has 1 amide bonds. The van der Waals surface area contributed by atoms with E-state index in [2.05, 4.69) is 10.3 Å². The highest BCUT2D eigenvalue weighted by Gasteiger charge is 2.46. The van der Waals surface area contributed by atoms with Crippen LogP contribution in [-0.4, -0.2) is 33.3 Å². The molecule has 5 nitrogen and oxygen atoms in total. The van der Waals surface area contributed by atoms with Crippen molar-refractivity contribution in [2.75, 3.05) is 0 Å². The van der Waals surface area contributed by atoms with E-state index in [-0.39, 0.29) is 6.42 Å². The van der Waals surface area contributed by atoms with E-state index in [9.17, 15) is 13.6 Å². The van der Waals surface area contributed by atoms with E-state index in [1.54, 1.807) is 12.3 Å². The summed E-state index contributed by atoms with van der Waals surface area (Å²) in [5.74, 6) is -3.48. The average molecular weight is 404 g/mol. The Labute approximate surface area is 165 Å². The number of amides is 1. The molecule has 8 heteroatoms. The van der Waals surface area contributed by atoms with E-state index in [0.717, 1.165) is 28.2 Å². The van der Waals surface area contributed by atoms with Crippen molar-refractivity contribution in [3.63, 3.8) is 0 Å². The average Bonchev–Trinajstić information content (AvgIpc) is 3.28. The van der Waals surface area contributed by atoms with Crippen LogP contribution in [-0.2, 0) is 6.42 Å². The van der Waals surface area contributed by atoms with Crippen molar-refractivity contribution in [3.8, 4) is 11.3 Å². The van der Waals surface area contributed by atoms with Gasteiger partial charge in [0.25, 0.3) is 11.8 Å². The number of halogens is 2. The lowest BCUT2D eigenvalue weighted by Gasteiger charge is -2.36. The van der Waals surface area contributed by atoms with E-state index < -0.39 is 23.9 Å². The Morgan fingerprint density at radius 2 is 2.29 bits per heavy atom. The normalized spacial score (nSPS) is 21.7. The zero-order valence-corrected chi connectivity index (χ0v) is 16.3. The molecule has 0 aromatic carbocycles. The largest absolute Gasteiger partial charge is 0.341 e. The van der Waals surface area contributed by atoms with Crippen molar-refractivity contribution in [3.05, 3.63) is 46.4 Å². The number of hydrogen-bond donors (Lipinski definition) is 2. The van der Waals surface area contributed by atoms with E-state index >= 15 is 0 Å². The molecule has 0 bridgehead atoms. The molecule has 28 heavy (non-hydrogen) atoms. The van der Waals surface area contributed by atoms with Gasteiger partial charge in [0.05, 0.1) is 16.8 Å². The highest BCUT2D eigenvalue weighted by atomic mass is 32.1. The number of imidazole rings is 1. The molecule has 0 aliphatic heterocycles. The lowest BCUT2D eigenvalue weighted by atomic mass is 9.87. The van der Waals surface area contributed by atoms with E-state index in [4.69, 9.17) is 5.73 Å². The molecular weight excluding hydrogens is 382 g/mol. The number of carbonyl (C=O) groups excluding carboxylic acids is 1. The molecule has 2 unspecified atom stereocenters. The molecule has 1 fully saturated rings. The first-order valence-corrected chi connectivity index (χ1v) is 10.2. The number of fused-ring (bicyclic) bond motifs is 1. The van der Waals surface area contributed by atoms with Crippen molar-refractivity contribution in [1.29, 1.82) is 0 Å². The van der Waals surface area contributed by atoms with Crippen LogP contribution in [0.15, 0.2) is 36.7 Å². The smallest absolute Gasteiger partial charge is 0.269 e. The Balaban J connectivity index is 1.65. The van der Waals surface area contributed by atoms with Crippen molar-refractivity contribution >= 4 is 22.9 Å². The Morgan fingerprint density at radius 3 is 3.04 bits per heavy atom. The predicted molar refractivity (Wildman–Crippen MR) is 106 cm³/mol. The van der Waals surface area contributed by atoms with Crippen molar-refractivity contribution in [1.82, 2.24) is 14.7 Å². The molecule has 0 radical (unpaired) electrons. The number of rotatable bonds is 4. The quantitative estimate of drug-likeness (QED) is 0.693. The second-order valence-electron chi connectivity index (χ2n) is 7.14. The number of nitrogens with one attached hydrogen (secondary N) is 1. The van der Waals surface area contributed by atoms with Crippen molar-refractivity contribution in [2.24, 2.45) is 5.73 Å². The number of nitrogens with zero attached hydrogens (tertiary/aromatic N) is 2. The zero-order chi connectivity index (χ0) is 19.9. The van der Waals surface area contributed by atoms with Gasteiger partial charge in [-0.1, -0.05) is 13.0 Å². The summed E-state index contributed by atoms with van der Waals surface area (Å²) in [6.45, 7) is 2.01. The minimum Gasteiger partial charge on any atom is -0.341 e. The molecule has 148 valence electrons. The highest BCUT2D eigenvalue weighted by Crippen LogP contribution is 2.35. The van der Waals surface area contributed by atoms with E-state index in [0.29, 0.717) is 17.7 Å². The fourth-order valence-corrected chi connectivity index (χ4v) is 4.80. The molecule has 1 aliphatic carbocycles. The molecule has 3 N–H and O–H groups in total. The first-order chi connectivity index (χ1) is 13.4. The molecule has 4 rings (SSSR count). The minimum absolute atomic E-state index is 0.247. The van der Waals surface area contributed by atoms with Crippen molar-refractivity contribution < 1.29 is 13.6 Å². The number of aromatic nitrogens is 2. The SMILES string of the molecule is CCc1sc(C(=O)NC2C(N)CCCC2(F)F)cc1-c1cnc2ccccn12. The van der Waals surface area contributed by atoms with Gasteiger partial charge in [-0.3, -0.25) is 9.20 Å². The van der Waals surface area contributed by atoms with E-state index in [1.165, 1.54) is 11.3 Å². The second kappa shape index (κ2) is 7.25. The maximum Gasteiger partial charge on any atom is 0.269 e. The number of thiophene rings is 1. The molecular formula is C20H22F2N4OS. The van der Waals surface area contributed by atoms with Crippen LogP contribution in [0, 0.1) is 0 Å². The van der Waals surface area contributed by atoms with Crippen LogP contribution in [0.3, 0.4) is 0 Å². The van der Waals surface area contributed by atoms with Crippen LogP contribution in [0.4, 0.5) is 8.78 Å². The Bertz CT molecular complexity index is 1010. The number of nitrogens with two attached hydrogens (primary N) is 1. The lowest BCUT2D eigenvalue weighted by Crippen LogP contribution is -2.59. The van der Waals surface area contributed by atoms with Crippen LogP contribution in [0.2, 0.25) is 0 Å².